The number of aliphatic carboxylic acids is 1. The van der Waals surface area contributed by atoms with Gasteiger partial charge in [0.25, 0.3) is 0 Å². The van der Waals surface area contributed by atoms with E-state index >= 15 is 0 Å². The average molecular weight is 407 g/mol. The minimum Gasteiger partial charge on any atom is -0.481 e. The van der Waals surface area contributed by atoms with Gasteiger partial charge in [0.1, 0.15) is 6.61 Å². The van der Waals surface area contributed by atoms with Gasteiger partial charge in [-0.1, -0.05) is 38.0 Å². The molecule has 0 bridgehead atoms. The minimum atomic E-state index is -0.992. The van der Waals surface area contributed by atoms with Crippen molar-refractivity contribution in [3.63, 3.8) is 0 Å². The first-order valence-electron chi connectivity index (χ1n) is 10.9. The topological polar surface area (TPSA) is 83.8 Å². The van der Waals surface area contributed by atoms with Crippen molar-refractivity contribution in [1.29, 1.82) is 0 Å². The molecule has 5 heteroatoms. The maximum atomic E-state index is 11.5. The fourth-order valence-corrected chi connectivity index (χ4v) is 5.84. The Labute approximate surface area is 175 Å². The van der Waals surface area contributed by atoms with Crippen LogP contribution in [0.4, 0.5) is 0 Å². The monoisotopic (exact) mass is 406 g/mol. The summed E-state index contributed by atoms with van der Waals surface area (Å²) in [6, 6.07) is 0. The number of hydrogen-bond acceptors (Lipinski definition) is 4. The van der Waals surface area contributed by atoms with Crippen molar-refractivity contribution in [2.45, 2.75) is 78.6 Å². The number of esters is 1. The number of carbonyl (C=O) groups is 2. The Morgan fingerprint density at radius 2 is 1.97 bits per heavy atom. The lowest BCUT2D eigenvalue weighted by Gasteiger charge is -2.58. The highest BCUT2D eigenvalue weighted by atomic mass is 16.5. The Kier molecular flexibility index (Phi) is 8.10. The fourth-order valence-electron chi connectivity index (χ4n) is 5.84. The standard InChI is InChI=1S/C24H38O5/c1-17(12-15-29-22(28)11-10-21(26)27)6-8-19-18(2)7-9-20-23(3,16-25)13-5-14-24(19,20)4/h12,19-20,25H,2,5-11,13-16H2,1,3-4H3,(H,26,27). The molecule has 4 unspecified atom stereocenters. The number of hydrogen-bond donors (Lipinski definition) is 2. The van der Waals surface area contributed by atoms with Crippen molar-refractivity contribution in [3.8, 4) is 0 Å². The van der Waals surface area contributed by atoms with Crippen molar-refractivity contribution in [1.82, 2.24) is 0 Å². The van der Waals surface area contributed by atoms with Gasteiger partial charge in [0, 0.05) is 6.61 Å². The first-order valence-corrected chi connectivity index (χ1v) is 10.9. The van der Waals surface area contributed by atoms with Crippen LogP contribution in [0.15, 0.2) is 23.8 Å². The van der Waals surface area contributed by atoms with Crippen molar-refractivity contribution in [2.75, 3.05) is 13.2 Å². The predicted octanol–water partition coefficient (Wildman–Crippen LogP) is 4.89. The van der Waals surface area contributed by atoms with E-state index in [0.29, 0.717) is 11.8 Å². The van der Waals surface area contributed by atoms with E-state index in [-0.39, 0.29) is 36.9 Å². The first-order chi connectivity index (χ1) is 13.6. The smallest absolute Gasteiger partial charge is 0.306 e. The lowest BCUT2D eigenvalue weighted by Crippen LogP contribution is -2.51. The second-order valence-electron chi connectivity index (χ2n) is 9.64. The molecule has 2 rings (SSSR count). The largest absolute Gasteiger partial charge is 0.481 e. The zero-order valence-corrected chi connectivity index (χ0v) is 18.3. The third-order valence-corrected chi connectivity index (χ3v) is 7.55. The minimum absolute atomic E-state index is 0.0149. The zero-order chi connectivity index (χ0) is 21.7. The molecule has 0 amide bonds. The van der Waals surface area contributed by atoms with E-state index in [9.17, 15) is 14.7 Å². The van der Waals surface area contributed by atoms with Gasteiger partial charge < -0.3 is 14.9 Å². The molecule has 0 aliphatic heterocycles. The molecule has 4 atom stereocenters. The summed E-state index contributed by atoms with van der Waals surface area (Å²) < 4.78 is 5.10. The number of aliphatic hydroxyl groups is 1. The number of aliphatic hydroxyl groups excluding tert-OH is 1. The SMILES string of the molecule is C=C1CCC2C(C)(CO)CCCC2(C)C1CCC(C)=CCOC(=O)CCC(=O)O. The Bertz CT molecular complexity index is 652. The molecule has 0 spiro atoms. The molecule has 0 aromatic carbocycles. The molecular weight excluding hydrogens is 368 g/mol. The summed E-state index contributed by atoms with van der Waals surface area (Å²) in [4.78, 5) is 22.0. The molecular formula is C24H38O5. The normalized spacial score (nSPS) is 32.6. The van der Waals surface area contributed by atoms with Crippen LogP contribution in [-0.2, 0) is 14.3 Å². The Hall–Kier alpha value is -1.62. The highest BCUT2D eigenvalue weighted by Crippen LogP contribution is 2.61. The van der Waals surface area contributed by atoms with Crippen LogP contribution in [0, 0.1) is 22.7 Å². The number of allylic oxidation sites excluding steroid dienone is 2. The van der Waals surface area contributed by atoms with Gasteiger partial charge in [-0.2, -0.15) is 0 Å². The van der Waals surface area contributed by atoms with Crippen LogP contribution in [-0.4, -0.2) is 35.4 Å². The van der Waals surface area contributed by atoms with Crippen LogP contribution in [0.3, 0.4) is 0 Å². The second-order valence-corrected chi connectivity index (χ2v) is 9.64. The zero-order valence-electron chi connectivity index (χ0n) is 18.3. The summed E-state index contributed by atoms with van der Waals surface area (Å²) in [6.45, 7) is 11.6. The summed E-state index contributed by atoms with van der Waals surface area (Å²) in [5.41, 5.74) is 2.73. The third kappa shape index (κ3) is 5.71. The van der Waals surface area contributed by atoms with Gasteiger partial charge in [0.2, 0.25) is 0 Å². The van der Waals surface area contributed by atoms with Gasteiger partial charge in [-0.15, -0.1) is 0 Å². The van der Waals surface area contributed by atoms with Crippen LogP contribution in [0.5, 0.6) is 0 Å². The van der Waals surface area contributed by atoms with Crippen molar-refractivity contribution in [2.24, 2.45) is 22.7 Å². The lowest BCUT2D eigenvalue weighted by molar-refractivity contribution is -0.146. The predicted molar refractivity (Wildman–Crippen MR) is 113 cm³/mol. The van der Waals surface area contributed by atoms with E-state index in [0.717, 1.165) is 38.5 Å². The quantitative estimate of drug-likeness (QED) is 0.421. The van der Waals surface area contributed by atoms with Gasteiger partial charge in [0.15, 0.2) is 0 Å². The maximum Gasteiger partial charge on any atom is 0.306 e. The van der Waals surface area contributed by atoms with Gasteiger partial charge in [-0.3, -0.25) is 9.59 Å². The molecule has 2 N–H and O–H groups in total. The second kappa shape index (κ2) is 9.92. The molecule has 0 aromatic heterocycles. The van der Waals surface area contributed by atoms with Gasteiger partial charge in [0.05, 0.1) is 12.8 Å². The van der Waals surface area contributed by atoms with Gasteiger partial charge in [-0.25, -0.2) is 0 Å². The van der Waals surface area contributed by atoms with Crippen LogP contribution < -0.4 is 0 Å². The van der Waals surface area contributed by atoms with Crippen molar-refractivity contribution in [3.05, 3.63) is 23.8 Å². The molecule has 5 nitrogen and oxygen atoms in total. The Balaban J connectivity index is 1.93. The van der Waals surface area contributed by atoms with E-state index in [2.05, 4.69) is 27.4 Å². The average Bonchev–Trinajstić information content (AvgIpc) is 2.65. The fraction of sp³-hybridized carbons (Fsp3) is 0.750. The van der Waals surface area contributed by atoms with E-state index in [1.807, 2.05) is 6.08 Å². The molecule has 0 saturated heterocycles. The Morgan fingerprint density at radius 1 is 1.24 bits per heavy atom. The van der Waals surface area contributed by atoms with Gasteiger partial charge >= 0.3 is 11.9 Å². The van der Waals surface area contributed by atoms with E-state index in [1.54, 1.807) is 0 Å². The maximum absolute atomic E-state index is 11.5. The molecule has 29 heavy (non-hydrogen) atoms. The molecule has 2 aliphatic rings. The summed E-state index contributed by atoms with van der Waals surface area (Å²) in [5, 5.41) is 18.7. The number of carbonyl (C=O) groups excluding carboxylic acids is 1. The summed E-state index contributed by atoms with van der Waals surface area (Å²) in [6.07, 6.45) is 9.23. The van der Waals surface area contributed by atoms with Crippen LogP contribution in [0.25, 0.3) is 0 Å². The van der Waals surface area contributed by atoms with E-state index in [4.69, 9.17) is 9.84 Å². The number of carboxylic acids is 1. The van der Waals surface area contributed by atoms with E-state index in [1.165, 1.54) is 17.6 Å². The summed E-state index contributed by atoms with van der Waals surface area (Å²) in [5.74, 6) is -0.483. The highest BCUT2D eigenvalue weighted by Gasteiger charge is 2.53. The molecule has 164 valence electrons. The molecule has 2 saturated carbocycles. The van der Waals surface area contributed by atoms with Crippen LogP contribution in [0.1, 0.15) is 78.6 Å². The van der Waals surface area contributed by atoms with Crippen molar-refractivity contribution >= 4 is 11.9 Å². The summed E-state index contributed by atoms with van der Waals surface area (Å²) >= 11 is 0. The first kappa shape index (κ1) is 23.7. The Morgan fingerprint density at radius 3 is 2.62 bits per heavy atom. The van der Waals surface area contributed by atoms with Crippen LogP contribution in [0.2, 0.25) is 0 Å². The molecule has 0 heterocycles. The highest BCUT2D eigenvalue weighted by molar-refractivity contribution is 5.76. The molecule has 0 aromatic rings. The number of carboxylic acid groups (broad SMARTS) is 1. The number of rotatable bonds is 9. The van der Waals surface area contributed by atoms with E-state index < -0.39 is 11.9 Å². The molecule has 0 radical (unpaired) electrons. The molecule has 2 aliphatic carbocycles. The lowest BCUT2D eigenvalue weighted by atomic mass is 9.47. The third-order valence-electron chi connectivity index (χ3n) is 7.55. The number of fused-ring (bicyclic) bond motifs is 1. The number of ether oxygens (including phenoxy) is 1. The van der Waals surface area contributed by atoms with Crippen LogP contribution >= 0.6 is 0 Å². The molecule has 2 fully saturated rings. The van der Waals surface area contributed by atoms with Gasteiger partial charge in [-0.05, 0) is 74.2 Å². The summed E-state index contributed by atoms with van der Waals surface area (Å²) in [7, 11) is 0. The van der Waals surface area contributed by atoms with Crippen molar-refractivity contribution < 1.29 is 24.5 Å².